The monoisotopic (exact) mass is 348 g/mol. The van der Waals surface area contributed by atoms with Gasteiger partial charge in [0.2, 0.25) is 5.91 Å². The summed E-state index contributed by atoms with van der Waals surface area (Å²) < 4.78 is 0. The van der Waals surface area contributed by atoms with E-state index in [0.29, 0.717) is 19.1 Å². The number of likely N-dealkylation sites (tertiary alicyclic amines) is 1. The highest BCUT2D eigenvalue weighted by Crippen LogP contribution is 2.16. The number of piperidine rings is 1. The molecule has 0 aromatic heterocycles. The van der Waals surface area contributed by atoms with Crippen molar-refractivity contribution in [1.82, 2.24) is 15.1 Å². The van der Waals surface area contributed by atoms with Crippen LogP contribution in [0.15, 0.2) is 24.3 Å². The number of likely N-dealkylation sites (N-methyl/N-ethyl adjacent to an activating group) is 1. The zero-order valence-corrected chi connectivity index (χ0v) is 14.8. The van der Waals surface area contributed by atoms with Crippen LogP contribution in [0.1, 0.15) is 30.1 Å². The Morgan fingerprint density at radius 1 is 1.40 bits per heavy atom. The maximum atomic E-state index is 12.6. The predicted molar refractivity (Wildman–Crippen MR) is 93.3 cm³/mol. The Morgan fingerprint density at radius 2 is 2.12 bits per heavy atom. The highest BCUT2D eigenvalue weighted by atomic mass is 16.6. The van der Waals surface area contributed by atoms with Gasteiger partial charge in [-0.15, -0.1) is 0 Å². The molecule has 0 radical (unpaired) electrons. The quantitative estimate of drug-likeness (QED) is 0.638. The van der Waals surface area contributed by atoms with Crippen molar-refractivity contribution >= 4 is 17.5 Å². The molecular formula is C17H24N4O4. The zero-order chi connectivity index (χ0) is 18.6. The van der Waals surface area contributed by atoms with Crippen molar-refractivity contribution in [2.75, 3.05) is 27.2 Å². The van der Waals surface area contributed by atoms with E-state index in [1.807, 2.05) is 14.1 Å². The van der Waals surface area contributed by atoms with Gasteiger partial charge in [-0.25, -0.2) is 0 Å². The molecule has 1 aromatic rings. The number of hydrogen-bond donors (Lipinski definition) is 1. The molecule has 0 bridgehead atoms. The third-order valence-corrected chi connectivity index (χ3v) is 4.48. The molecule has 1 heterocycles. The van der Waals surface area contributed by atoms with Crippen LogP contribution in [0.3, 0.4) is 0 Å². The van der Waals surface area contributed by atoms with Gasteiger partial charge in [-0.2, -0.15) is 0 Å². The first kappa shape index (κ1) is 18.9. The molecule has 2 atom stereocenters. The lowest BCUT2D eigenvalue weighted by molar-refractivity contribution is -0.384. The van der Waals surface area contributed by atoms with Gasteiger partial charge in [-0.1, -0.05) is 6.07 Å². The van der Waals surface area contributed by atoms with Crippen LogP contribution in [-0.2, 0) is 4.79 Å². The smallest absolute Gasteiger partial charge is 0.270 e. The van der Waals surface area contributed by atoms with E-state index in [1.165, 1.54) is 24.3 Å². The maximum absolute atomic E-state index is 12.6. The summed E-state index contributed by atoms with van der Waals surface area (Å²) in [5.74, 6) is -0.629. The SMILES string of the molecule is C[C@@H](NC(=O)c1cccc([N+](=O)[O-])c1)C(=O)N1CCC[C@H](N(C)C)C1. The number of nitro benzene ring substituents is 1. The summed E-state index contributed by atoms with van der Waals surface area (Å²) in [7, 11) is 3.98. The fraction of sp³-hybridized carbons (Fsp3) is 0.529. The summed E-state index contributed by atoms with van der Waals surface area (Å²) >= 11 is 0. The number of amides is 2. The van der Waals surface area contributed by atoms with Gasteiger partial charge in [0, 0.05) is 36.8 Å². The number of non-ortho nitro benzene ring substituents is 1. The van der Waals surface area contributed by atoms with Crippen molar-refractivity contribution in [1.29, 1.82) is 0 Å². The van der Waals surface area contributed by atoms with Crippen LogP contribution in [-0.4, -0.2) is 65.8 Å². The molecule has 8 nitrogen and oxygen atoms in total. The van der Waals surface area contributed by atoms with E-state index in [1.54, 1.807) is 11.8 Å². The molecule has 25 heavy (non-hydrogen) atoms. The van der Waals surface area contributed by atoms with Crippen LogP contribution in [0.25, 0.3) is 0 Å². The van der Waals surface area contributed by atoms with Gasteiger partial charge in [-0.3, -0.25) is 19.7 Å². The molecule has 1 aliphatic rings. The molecule has 0 unspecified atom stereocenters. The van der Waals surface area contributed by atoms with E-state index >= 15 is 0 Å². The minimum absolute atomic E-state index is 0.134. The Morgan fingerprint density at radius 3 is 2.76 bits per heavy atom. The molecule has 0 spiro atoms. The van der Waals surface area contributed by atoms with Gasteiger partial charge in [0.05, 0.1) is 4.92 Å². The van der Waals surface area contributed by atoms with Crippen molar-refractivity contribution in [3.05, 3.63) is 39.9 Å². The van der Waals surface area contributed by atoms with E-state index in [-0.39, 0.29) is 17.2 Å². The standard InChI is InChI=1S/C17H24N4O4/c1-12(17(23)20-9-5-8-15(11-20)19(2)3)18-16(22)13-6-4-7-14(10-13)21(24)25/h4,6-7,10,12,15H,5,8-9,11H2,1-3H3,(H,18,22)/t12-,15+/m1/s1. The molecule has 8 heteroatoms. The van der Waals surface area contributed by atoms with Gasteiger partial charge >= 0.3 is 0 Å². The van der Waals surface area contributed by atoms with Gasteiger partial charge in [0.25, 0.3) is 11.6 Å². The predicted octanol–water partition coefficient (Wildman–Crippen LogP) is 1.27. The number of hydrogen-bond acceptors (Lipinski definition) is 5. The maximum Gasteiger partial charge on any atom is 0.270 e. The third kappa shape index (κ3) is 4.76. The molecule has 1 aliphatic heterocycles. The second-order valence-corrected chi connectivity index (χ2v) is 6.55. The van der Waals surface area contributed by atoms with Crippen molar-refractivity contribution in [3.63, 3.8) is 0 Å². The Balaban J connectivity index is 1.99. The lowest BCUT2D eigenvalue weighted by Crippen LogP contribution is -2.53. The normalized spacial score (nSPS) is 18.7. The molecule has 0 aliphatic carbocycles. The van der Waals surface area contributed by atoms with Crippen molar-refractivity contribution in [2.24, 2.45) is 0 Å². The molecule has 0 saturated carbocycles. The number of carbonyl (C=O) groups excluding carboxylic acids is 2. The molecule has 1 saturated heterocycles. The first-order valence-corrected chi connectivity index (χ1v) is 8.30. The molecule has 136 valence electrons. The Kier molecular flexibility index (Phi) is 6.08. The zero-order valence-electron chi connectivity index (χ0n) is 14.8. The fourth-order valence-electron chi connectivity index (χ4n) is 2.95. The van der Waals surface area contributed by atoms with Gasteiger partial charge in [-0.05, 0) is 39.9 Å². The number of carbonyl (C=O) groups is 2. The number of nitrogens with zero attached hydrogens (tertiary/aromatic N) is 3. The van der Waals surface area contributed by atoms with Crippen LogP contribution >= 0.6 is 0 Å². The Bertz CT molecular complexity index is 662. The molecule has 2 amide bonds. The highest BCUT2D eigenvalue weighted by molar-refractivity contribution is 5.97. The summed E-state index contributed by atoms with van der Waals surface area (Å²) in [6, 6.07) is 5.09. The minimum atomic E-state index is -0.687. The highest BCUT2D eigenvalue weighted by Gasteiger charge is 2.28. The fourth-order valence-corrected chi connectivity index (χ4v) is 2.95. The van der Waals surface area contributed by atoms with Crippen molar-refractivity contribution in [2.45, 2.75) is 31.8 Å². The largest absolute Gasteiger partial charge is 0.341 e. The van der Waals surface area contributed by atoms with Crippen LogP contribution in [0.5, 0.6) is 0 Å². The number of benzene rings is 1. The van der Waals surface area contributed by atoms with Crippen molar-refractivity contribution in [3.8, 4) is 0 Å². The summed E-state index contributed by atoms with van der Waals surface area (Å²) in [6.07, 6.45) is 1.98. The van der Waals surface area contributed by atoms with Gasteiger partial charge in [0.15, 0.2) is 0 Å². The second-order valence-electron chi connectivity index (χ2n) is 6.55. The molecule has 1 N–H and O–H groups in total. The molecule has 2 rings (SSSR count). The summed E-state index contributed by atoms with van der Waals surface area (Å²) in [5, 5.41) is 13.4. The minimum Gasteiger partial charge on any atom is -0.341 e. The average molecular weight is 348 g/mol. The van der Waals surface area contributed by atoms with Crippen molar-refractivity contribution < 1.29 is 14.5 Å². The molecular weight excluding hydrogens is 324 g/mol. The Labute approximate surface area is 146 Å². The van der Waals surface area contributed by atoms with E-state index < -0.39 is 16.9 Å². The van der Waals surface area contributed by atoms with Gasteiger partial charge < -0.3 is 15.1 Å². The lowest BCUT2D eigenvalue weighted by Gasteiger charge is -2.37. The Hall–Kier alpha value is -2.48. The first-order chi connectivity index (χ1) is 11.8. The summed E-state index contributed by atoms with van der Waals surface area (Å²) in [5.41, 5.74) is 0.00940. The van der Waals surface area contributed by atoms with Crippen LogP contribution in [0.4, 0.5) is 5.69 Å². The van der Waals surface area contributed by atoms with E-state index in [4.69, 9.17) is 0 Å². The second kappa shape index (κ2) is 8.06. The average Bonchev–Trinajstić information content (AvgIpc) is 2.61. The van der Waals surface area contributed by atoms with E-state index in [9.17, 15) is 19.7 Å². The molecule has 1 aromatic carbocycles. The summed E-state index contributed by atoms with van der Waals surface area (Å²) in [4.78, 5) is 39.0. The van der Waals surface area contributed by atoms with E-state index in [2.05, 4.69) is 10.2 Å². The topological polar surface area (TPSA) is 95.8 Å². The lowest BCUT2D eigenvalue weighted by atomic mass is 10.0. The third-order valence-electron chi connectivity index (χ3n) is 4.48. The van der Waals surface area contributed by atoms with Gasteiger partial charge in [0.1, 0.15) is 6.04 Å². The van der Waals surface area contributed by atoms with Crippen LogP contribution in [0.2, 0.25) is 0 Å². The molecule has 1 fully saturated rings. The number of rotatable bonds is 5. The first-order valence-electron chi connectivity index (χ1n) is 8.30. The van der Waals surface area contributed by atoms with Crippen LogP contribution < -0.4 is 5.32 Å². The summed E-state index contributed by atoms with van der Waals surface area (Å²) in [6.45, 7) is 2.96. The number of nitrogens with one attached hydrogen (secondary N) is 1. The van der Waals surface area contributed by atoms with E-state index in [0.717, 1.165) is 12.8 Å². The number of nitro groups is 1. The van der Waals surface area contributed by atoms with Crippen LogP contribution in [0, 0.1) is 10.1 Å².